The monoisotopic (exact) mass is 303 g/mol. The van der Waals surface area contributed by atoms with Gasteiger partial charge in [0.1, 0.15) is 0 Å². The van der Waals surface area contributed by atoms with Crippen molar-refractivity contribution in [3.63, 3.8) is 0 Å². The third kappa shape index (κ3) is 3.83. The van der Waals surface area contributed by atoms with Crippen LogP contribution in [0.2, 0.25) is 0 Å². The Morgan fingerprint density at radius 1 is 1.40 bits per heavy atom. The Kier molecular flexibility index (Phi) is 4.12. The van der Waals surface area contributed by atoms with Crippen molar-refractivity contribution in [1.82, 2.24) is 10.3 Å². The van der Waals surface area contributed by atoms with E-state index in [2.05, 4.69) is 10.3 Å². The second-order valence-corrected chi connectivity index (χ2v) is 5.27. The average Bonchev–Trinajstić information content (AvgIpc) is 2.72. The standard InChI is InChI=1S/C12H12F3N3OS/c13-12(14,15)4-1-5-17-10(19)7-2-3-8-9(6-7)20-11(16)18-8/h2-3,6H,1,4-5H2,(H2,16,18)(H,17,19). The minimum Gasteiger partial charge on any atom is -0.375 e. The van der Waals surface area contributed by atoms with Crippen LogP contribution < -0.4 is 11.1 Å². The number of rotatable bonds is 4. The number of fused-ring (bicyclic) bond motifs is 1. The Morgan fingerprint density at radius 2 is 2.15 bits per heavy atom. The number of carbonyl (C=O) groups is 1. The van der Waals surface area contributed by atoms with Crippen molar-refractivity contribution < 1.29 is 18.0 Å². The highest BCUT2D eigenvalue weighted by atomic mass is 32.1. The van der Waals surface area contributed by atoms with E-state index in [1.807, 2.05) is 0 Å². The van der Waals surface area contributed by atoms with Crippen molar-refractivity contribution >= 4 is 32.6 Å². The van der Waals surface area contributed by atoms with Crippen LogP contribution in [0.15, 0.2) is 18.2 Å². The van der Waals surface area contributed by atoms with Crippen molar-refractivity contribution in [2.24, 2.45) is 0 Å². The fourth-order valence-electron chi connectivity index (χ4n) is 1.68. The highest BCUT2D eigenvalue weighted by Gasteiger charge is 2.26. The van der Waals surface area contributed by atoms with E-state index in [-0.39, 0.29) is 13.0 Å². The first kappa shape index (κ1) is 14.6. The molecule has 0 aliphatic heterocycles. The number of alkyl halides is 3. The molecule has 0 unspecified atom stereocenters. The van der Waals surface area contributed by atoms with E-state index < -0.39 is 18.5 Å². The molecule has 0 saturated carbocycles. The summed E-state index contributed by atoms with van der Waals surface area (Å²) in [6, 6.07) is 4.86. The molecule has 108 valence electrons. The van der Waals surface area contributed by atoms with Crippen molar-refractivity contribution in [3.8, 4) is 0 Å². The second kappa shape index (κ2) is 5.66. The molecule has 0 atom stereocenters. The van der Waals surface area contributed by atoms with Crippen molar-refractivity contribution in [1.29, 1.82) is 0 Å². The van der Waals surface area contributed by atoms with E-state index in [9.17, 15) is 18.0 Å². The lowest BCUT2D eigenvalue weighted by Crippen LogP contribution is -2.25. The molecule has 0 fully saturated rings. The molecule has 2 aromatic rings. The number of nitrogens with two attached hydrogens (primary N) is 1. The van der Waals surface area contributed by atoms with Gasteiger partial charge in [0.05, 0.1) is 10.2 Å². The van der Waals surface area contributed by atoms with Gasteiger partial charge < -0.3 is 11.1 Å². The summed E-state index contributed by atoms with van der Waals surface area (Å²) < 4.78 is 36.6. The Bertz CT molecular complexity index is 624. The van der Waals surface area contributed by atoms with Gasteiger partial charge in [-0.3, -0.25) is 4.79 Å². The van der Waals surface area contributed by atoms with Gasteiger partial charge in [-0.2, -0.15) is 13.2 Å². The van der Waals surface area contributed by atoms with Gasteiger partial charge in [-0.1, -0.05) is 11.3 Å². The number of nitrogens with one attached hydrogen (secondary N) is 1. The summed E-state index contributed by atoms with van der Waals surface area (Å²) in [5, 5.41) is 2.86. The summed E-state index contributed by atoms with van der Waals surface area (Å²) in [5.74, 6) is -0.402. The van der Waals surface area contributed by atoms with E-state index in [0.29, 0.717) is 16.2 Å². The first-order valence-electron chi connectivity index (χ1n) is 5.86. The van der Waals surface area contributed by atoms with Gasteiger partial charge in [-0.15, -0.1) is 0 Å². The minimum absolute atomic E-state index is 0.0127. The van der Waals surface area contributed by atoms with Crippen molar-refractivity contribution in [2.45, 2.75) is 19.0 Å². The number of halogens is 3. The van der Waals surface area contributed by atoms with Gasteiger partial charge in [0, 0.05) is 18.5 Å². The van der Waals surface area contributed by atoms with Gasteiger partial charge in [0.2, 0.25) is 0 Å². The van der Waals surface area contributed by atoms with Crippen LogP contribution in [-0.2, 0) is 0 Å². The summed E-state index contributed by atoms with van der Waals surface area (Å²) in [7, 11) is 0. The lowest BCUT2D eigenvalue weighted by Gasteiger charge is -2.07. The van der Waals surface area contributed by atoms with E-state index in [1.165, 1.54) is 11.3 Å². The molecule has 0 saturated heterocycles. The van der Waals surface area contributed by atoms with E-state index in [4.69, 9.17) is 5.73 Å². The lowest BCUT2D eigenvalue weighted by molar-refractivity contribution is -0.135. The molecule has 3 N–H and O–H groups in total. The number of aromatic nitrogens is 1. The molecule has 8 heteroatoms. The normalized spacial score (nSPS) is 11.8. The quantitative estimate of drug-likeness (QED) is 0.853. The van der Waals surface area contributed by atoms with Crippen molar-refractivity contribution in [2.75, 3.05) is 12.3 Å². The van der Waals surface area contributed by atoms with Gasteiger partial charge in [0.15, 0.2) is 5.13 Å². The molecule has 4 nitrogen and oxygen atoms in total. The molecule has 2 rings (SSSR count). The average molecular weight is 303 g/mol. The summed E-state index contributed by atoms with van der Waals surface area (Å²) in [5.41, 5.74) is 6.63. The van der Waals surface area contributed by atoms with Gasteiger partial charge in [0.25, 0.3) is 5.91 Å². The predicted molar refractivity (Wildman–Crippen MR) is 71.7 cm³/mol. The van der Waals surface area contributed by atoms with Crippen LogP contribution in [-0.4, -0.2) is 23.6 Å². The fourth-order valence-corrected chi connectivity index (χ4v) is 2.45. The minimum atomic E-state index is -4.19. The van der Waals surface area contributed by atoms with Gasteiger partial charge >= 0.3 is 6.18 Å². The number of anilines is 1. The molecule has 0 spiro atoms. The first-order chi connectivity index (χ1) is 9.35. The molecule has 0 aliphatic rings. The van der Waals surface area contributed by atoms with Gasteiger partial charge in [-0.05, 0) is 24.6 Å². The van der Waals surface area contributed by atoms with Crippen LogP contribution in [0.5, 0.6) is 0 Å². The fraction of sp³-hybridized carbons (Fsp3) is 0.333. The molecule has 1 heterocycles. The molecule has 0 radical (unpaired) electrons. The zero-order valence-electron chi connectivity index (χ0n) is 10.3. The Labute approximate surface area is 116 Å². The summed E-state index contributed by atoms with van der Waals surface area (Å²) in [6.07, 6.45) is -5.23. The smallest absolute Gasteiger partial charge is 0.375 e. The van der Waals surface area contributed by atoms with Crippen LogP contribution >= 0.6 is 11.3 Å². The van der Waals surface area contributed by atoms with Crippen LogP contribution in [0.25, 0.3) is 10.2 Å². The lowest BCUT2D eigenvalue weighted by atomic mass is 10.2. The zero-order valence-corrected chi connectivity index (χ0v) is 11.1. The number of amides is 1. The number of hydrogen-bond acceptors (Lipinski definition) is 4. The molecule has 1 amide bonds. The molecular weight excluding hydrogens is 291 g/mol. The largest absolute Gasteiger partial charge is 0.389 e. The third-order valence-corrected chi connectivity index (χ3v) is 3.44. The summed E-state index contributed by atoms with van der Waals surface area (Å²) >= 11 is 1.25. The van der Waals surface area contributed by atoms with Crippen LogP contribution in [0.4, 0.5) is 18.3 Å². The maximum absolute atomic E-state index is 11.9. The predicted octanol–water partition coefficient (Wildman–Crippen LogP) is 2.95. The molecular formula is C12H12F3N3OS. The molecule has 0 aliphatic carbocycles. The maximum Gasteiger partial charge on any atom is 0.389 e. The summed E-state index contributed by atoms with van der Waals surface area (Å²) in [4.78, 5) is 15.8. The van der Waals surface area contributed by atoms with Crippen molar-refractivity contribution in [3.05, 3.63) is 23.8 Å². The number of thiazole rings is 1. The van der Waals surface area contributed by atoms with E-state index in [0.717, 1.165) is 4.70 Å². The highest BCUT2D eigenvalue weighted by molar-refractivity contribution is 7.22. The topological polar surface area (TPSA) is 68.0 Å². The van der Waals surface area contributed by atoms with E-state index in [1.54, 1.807) is 18.2 Å². The highest BCUT2D eigenvalue weighted by Crippen LogP contribution is 2.24. The van der Waals surface area contributed by atoms with Crippen LogP contribution in [0.3, 0.4) is 0 Å². The Hall–Kier alpha value is -1.83. The maximum atomic E-state index is 11.9. The van der Waals surface area contributed by atoms with Gasteiger partial charge in [-0.25, -0.2) is 4.98 Å². The molecule has 1 aromatic carbocycles. The first-order valence-corrected chi connectivity index (χ1v) is 6.68. The number of carbonyl (C=O) groups excluding carboxylic acids is 1. The third-order valence-electron chi connectivity index (χ3n) is 2.59. The Balaban J connectivity index is 1.94. The number of nitrogen functional groups attached to an aromatic ring is 1. The molecule has 20 heavy (non-hydrogen) atoms. The number of hydrogen-bond donors (Lipinski definition) is 2. The SMILES string of the molecule is Nc1nc2ccc(C(=O)NCCCC(F)(F)F)cc2s1. The van der Waals surface area contributed by atoms with Crippen LogP contribution in [0.1, 0.15) is 23.2 Å². The van der Waals surface area contributed by atoms with E-state index >= 15 is 0 Å². The van der Waals surface area contributed by atoms with Crippen LogP contribution in [0, 0.1) is 0 Å². The molecule has 1 aromatic heterocycles. The zero-order chi connectivity index (χ0) is 14.8. The Morgan fingerprint density at radius 3 is 2.85 bits per heavy atom. The number of benzene rings is 1. The number of nitrogens with zero attached hydrogens (tertiary/aromatic N) is 1. The summed E-state index contributed by atoms with van der Waals surface area (Å²) in [6.45, 7) is -0.0127. The second-order valence-electron chi connectivity index (χ2n) is 4.21. The molecule has 0 bridgehead atoms.